The minimum atomic E-state index is -3.56. The van der Waals surface area contributed by atoms with Gasteiger partial charge in [0.05, 0.1) is 24.7 Å². The average Bonchev–Trinajstić information content (AvgIpc) is 2.52. The predicted molar refractivity (Wildman–Crippen MR) is 79.4 cm³/mol. The van der Waals surface area contributed by atoms with Gasteiger partial charge in [-0.1, -0.05) is 18.2 Å². The molecule has 0 atom stereocenters. The minimum absolute atomic E-state index is 0.152. The van der Waals surface area contributed by atoms with Crippen molar-refractivity contribution < 1.29 is 18.3 Å². The third-order valence-corrected chi connectivity index (χ3v) is 5.04. The van der Waals surface area contributed by atoms with Crippen LogP contribution in [0.15, 0.2) is 29.2 Å². The number of nitrogens with one attached hydrogen (secondary N) is 1. The molecule has 2 N–H and O–H groups in total. The van der Waals surface area contributed by atoms with Gasteiger partial charge in [-0.05, 0) is 24.6 Å². The summed E-state index contributed by atoms with van der Waals surface area (Å²) in [5, 5.41) is 9.21. The van der Waals surface area contributed by atoms with Gasteiger partial charge in [-0.15, -0.1) is 0 Å². The summed E-state index contributed by atoms with van der Waals surface area (Å²) in [6.45, 7) is 4.25. The summed E-state index contributed by atoms with van der Waals surface area (Å²) in [5.41, 5.74) is 0.415. The van der Waals surface area contributed by atoms with Crippen molar-refractivity contribution in [3.8, 4) is 0 Å². The molecule has 1 saturated heterocycles. The van der Waals surface area contributed by atoms with E-state index < -0.39 is 10.0 Å². The summed E-state index contributed by atoms with van der Waals surface area (Å²) >= 11 is 0. The maximum absolute atomic E-state index is 12.2. The molecular weight excluding hydrogens is 292 g/mol. The normalized spacial score (nSPS) is 17.0. The molecule has 21 heavy (non-hydrogen) atoms. The van der Waals surface area contributed by atoms with Gasteiger partial charge >= 0.3 is 0 Å². The van der Waals surface area contributed by atoms with E-state index in [-0.39, 0.29) is 11.5 Å². The van der Waals surface area contributed by atoms with Crippen LogP contribution in [0.2, 0.25) is 0 Å². The van der Waals surface area contributed by atoms with Crippen molar-refractivity contribution in [2.45, 2.75) is 17.9 Å². The molecule has 0 spiro atoms. The van der Waals surface area contributed by atoms with Crippen LogP contribution in [-0.4, -0.2) is 57.8 Å². The van der Waals surface area contributed by atoms with E-state index in [1.165, 1.54) is 6.07 Å². The topological polar surface area (TPSA) is 78.9 Å². The second-order valence-electron chi connectivity index (χ2n) is 4.97. The molecule has 0 bridgehead atoms. The maximum atomic E-state index is 12.2. The molecule has 6 nitrogen and oxygen atoms in total. The largest absolute Gasteiger partial charge is 0.392 e. The first kappa shape index (κ1) is 16.4. The van der Waals surface area contributed by atoms with Gasteiger partial charge in [-0.3, -0.25) is 4.90 Å². The molecule has 118 valence electrons. The molecule has 1 aromatic carbocycles. The Morgan fingerprint density at radius 1 is 1.24 bits per heavy atom. The molecule has 7 heteroatoms. The zero-order chi connectivity index (χ0) is 15.1. The number of nitrogens with zero attached hydrogens (tertiary/aromatic N) is 1. The van der Waals surface area contributed by atoms with Crippen LogP contribution in [0.25, 0.3) is 0 Å². The first-order valence-corrected chi connectivity index (χ1v) is 8.60. The molecule has 0 saturated carbocycles. The number of aliphatic hydroxyl groups is 1. The molecule has 1 aliphatic rings. The van der Waals surface area contributed by atoms with Crippen molar-refractivity contribution in [1.29, 1.82) is 0 Å². The van der Waals surface area contributed by atoms with Gasteiger partial charge in [0, 0.05) is 19.6 Å². The molecule has 0 amide bonds. The molecule has 1 fully saturated rings. The molecule has 2 rings (SSSR count). The van der Waals surface area contributed by atoms with E-state index in [0.29, 0.717) is 12.1 Å². The van der Waals surface area contributed by atoms with Crippen LogP contribution in [0.5, 0.6) is 0 Å². The smallest absolute Gasteiger partial charge is 0.240 e. The highest BCUT2D eigenvalue weighted by atomic mass is 32.2. The fourth-order valence-electron chi connectivity index (χ4n) is 2.31. The van der Waals surface area contributed by atoms with E-state index in [1.807, 2.05) is 0 Å². The second-order valence-corrected chi connectivity index (χ2v) is 6.71. The first-order chi connectivity index (χ1) is 10.1. The molecular formula is C14H22N2O4S. The van der Waals surface area contributed by atoms with Crippen molar-refractivity contribution >= 4 is 10.0 Å². The van der Waals surface area contributed by atoms with Crippen molar-refractivity contribution in [1.82, 2.24) is 9.62 Å². The predicted octanol–water partition coefficient (Wildman–Crippen LogP) is 0.180. The van der Waals surface area contributed by atoms with E-state index >= 15 is 0 Å². The van der Waals surface area contributed by atoms with Gasteiger partial charge in [-0.2, -0.15) is 0 Å². The van der Waals surface area contributed by atoms with Gasteiger partial charge < -0.3 is 9.84 Å². The number of aliphatic hydroxyl groups excluding tert-OH is 1. The Kier molecular flexibility index (Phi) is 6.13. The molecule has 0 radical (unpaired) electrons. The number of rotatable bonds is 7. The molecule has 0 unspecified atom stereocenters. The number of hydrogen-bond donors (Lipinski definition) is 2. The third kappa shape index (κ3) is 4.76. The van der Waals surface area contributed by atoms with Gasteiger partial charge in [-0.25, -0.2) is 13.1 Å². The van der Waals surface area contributed by atoms with E-state index in [4.69, 9.17) is 4.74 Å². The fraction of sp³-hybridized carbons (Fsp3) is 0.571. The van der Waals surface area contributed by atoms with E-state index in [9.17, 15) is 13.5 Å². The number of morpholine rings is 1. The van der Waals surface area contributed by atoms with Crippen LogP contribution in [0.3, 0.4) is 0 Å². The lowest BCUT2D eigenvalue weighted by Crippen LogP contribution is -2.38. The summed E-state index contributed by atoms with van der Waals surface area (Å²) < 4.78 is 32.3. The maximum Gasteiger partial charge on any atom is 0.240 e. The van der Waals surface area contributed by atoms with Crippen molar-refractivity contribution in [2.24, 2.45) is 0 Å². The highest BCUT2D eigenvalue weighted by Gasteiger charge is 2.17. The van der Waals surface area contributed by atoms with Crippen LogP contribution >= 0.6 is 0 Å². The summed E-state index contributed by atoms with van der Waals surface area (Å²) in [5.74, 6) is 0. The van der Waals surface area contributed by atoms with Crippen LogP contribution in [0.1, 0.15) is 12.0 Å². The molecule has 0 aromatic heterocycles. The quantitative estimate of drug-likeness (QED) is 0.702. The molecule has 1 heterocycles. The summed E-state index contributed by atoms with van der Waals surface area (Å²) in [6.07, 6.45) is 0.751. The van der Waals surface area contributed by atoms with Crippen molar-refractivity contribution in [3.05, 3.63) is 29.8 Å². The Balaban J connectivity index is 1.83. The Bertz CT molecular complexity index is 542. The Morgan fingerprint density at radius 2 is 1.95 bits per heavy atom. The van der Waals surface area contributed by atoms with E-state index in [1.54, 1.807) is 18.2 Å². The van der Waals surface area contributed by atoms with Gasteiger partial charge in [0.1, 0.15) is 0 Å². The summed E-state index contributed by atoms with van der Waals surface area (Å²) in [4.78, 5) is 2.42. The zero-order valence-electron chi connectivity index (χ0n) is 12.0. The lowest BCUT2D eigenvalue weighted by molar-refractivity contribution is 0.0376. The SMILES string of the molecule is O=S(=O)(NCCCN1CCOCC1)c1ccccc1CO. The molecule has 1 aliphatic heterocycles. The number of hydrogen-bond acceptors (Lipinski definition) is 5. The van der Waals surface area contributed by atoms with Crippen LogP contribution in [0.4, 0.5) is 0 Å². The first-order valence-electron chi connectivity index (χ1n) is 7.12. The van der Waals surface area contributed by atoms with Gasteiger partial charge in [0.2, 0.25) is 10.0 Å². The van der Waals surface area contributed by atoms with Crippen LogP contribution < -0.4 is 4.72 Å². The zero-order valence-corrected chi connectivity index (χ0v) is 12.8. The van der Waals surface area contributed by atoms with Gasteiger partial charge in [0.15, 0.2) is 0 Å². The van der Waals surface area contributed by atoms with Crippen LogP contribution in [0, 0.1) is 0 Å². The molecule has 0 aliphatic carbocycles. The monoisotopic (exact) mass is 314 g/mol. The third-order valence-electron chi connectivity index (χ3n) is 3.48. The summed E-state index contributed by atoms with van der Waals surface area (Å²) in [6, 6.07) is 6.49. The highest BCUT2D eigenvalue weighted by molar-refractivity contribution is 7.89. The van der Waals surface area contributed by atoms with Crippen LogP contribution in [-0.2, 0) is 21.4 Å². The van der Waals surface area contributed by atoms with Crippen molar-refractivity contribution in [3.63, 3.8) is 0 Å². The highest BCUT2D eigenvalue weighted by Crippen LogP contribution is 2.15. The van der Waals surface area contributed by atoms with Gasteiger partial charge in [0.25, 0.3) is 0 Å². The van der Waals surface area contributed by atoms with Crippen molar-refractivity contribution in [2.75, 3.05) is 39.4 Å². The lowest BCUT2D eigenvalue weighted by Gasteiger charge is -2.26. The number of benzene rings is 1. The fourth-order valence-corrected chi connectivity index (χ4v) is 3.61. The molecule has 1 aromatic rings. The summed E-state index contributed by atoms with van der Waals surface area (Å²) in [7, 11) is -3.56. The van der Waals surface area contributed by atoms with E-state index in [2.05, 4.69) is 9.62 Å². The lowest BCUT2D eigenvalue weighted by atomic mass is 10.2. The number of ether oxygens (including phenoxy) is 1. The Labute approximate surface area is 125 Å². The minimum Gasteiger partial charge on any atom is -0.392 e. The average molecular weight is 314 g/mol. The Morgan fingerprint density at radius 3 is 2.67 bits per heavy atom. The second kappa shape index (κ2) is 7.86. The van der Waals surface area contributed by atoms with E-state index in [0.717, 1.165) is 39.3 Å². The number of sulfonamides is 1. The Hall–Kier alpha value is -0.990. The standard InChI is InChI=1S/C14H22N2O4S/c17-12-13-4-1-2-5-14(13)21(18,19)15-6-3-7-16-8-10-20-11-9-16/h1-2,4-5,15,17H,3,6-12H2.